The molecule has 1 saturated heterocycles. The van der Waals surface area contributed by atoms with Gasteiger partial charge in [-0.3, -0.25) is 0 Å². The van der Waals surface area contributed by atoms with Gasteiger partial charge in [0.25, 0.3) is 0 Å². The van der Waals surface area contributed by atoms with Crippen molar-refractivity contribution in [3.63, 3.8) is 0 Å². The third-order valence-corrected chi connectivity index (χ3v) is 5.37. The van der Waals surface area contributed by atoms with Crippen molar-refractivity contribution in [1.82, 2.24) is 15.0 Å². The number of thioether (sulfide) groups is 1. The van der Waals surface area contributed by atoms with Gasteiger partial charge in [-0.05, 0) is 48.5 Å². The van der Waals surface area contributed by atoms with Crippen LogP contribution in [0.1, 0.15) is 0 Å². The fourth-order valence-corrected chi connectivity index (χ4v) is 3.70. The van der Waals surface area contributed by atoms with Crippen LogP contribution in [0, 0.1) is 0 Å². The highest BCUT2D eigenvalue weighted by molar-refractivity contribution is 7.99. The summed E-state index contributed by atoms with van der Waals surface area (Å²) in [6, 6.07) is 14.3. The predicted octanol–water partition coefficient (Wildman–Crippen LogP) is 5.32. The number of hydrogen-bond donors (Lipinski definition) is 0. The molecule has 0 amide bonds. The van der Waals surface area contributed by atoms with E-state index in [0.29, 0.717) is 27.5 Å². The molecule has 0 unspecified atom stereocenters. The quantitative estimate of drug-likeness (QED) is 0.538. The summed E-state index contributed by atoms with van der Waals surface area (Å²) in [6.07, 6.45) is 0. The van der Waals surface area contributed by atoms with E-state index in [1.54, 1.807) is 48.5 Å². The smallest absolute Gasteiger partial charge is 0.330 e. The Morgan fingerprint density at radius 1 is 0.714 bits per heavy atom. The van der Waals surface area contributed by atoms with Crippen molar-refractivity contribution in [3.05, 3.63) is 58.6 Å². The number of aromatic nitrogens is 3. The Kier molecular flexibility index (Phi) is 6.04. The highest BCUT2D eigenvalue weighted by Gasteiger charge is 2.18. The average molecular weight is 435 g/mol. The molecule has 2 heterocycles. The van der Waals surface area contributed by atoms with Crippen LogP contribution in [0.5, 0.6) is 23.5 Å². The molecule has 1 fully saturated rings. The second-order valence-electron chi connectivity index (χ2n) is 5.91. The third kappa shape index (κ3) is 4.98. The third-order valence-electron chi connectivity index (χ3n) is 3.92. The summed E-state index contributed by atoms with van der Waals surface area (Å²) in [4.78, 5) is 15.3. The summed E-state index contributed by atoms with van der Waals surface area (Å²) in [6.45, 7) is 1.71. The summed E-state index contributed by atoms with van der Waals surface area (Å²) >= 11 is 13.8. The lowest BCUT2D eigenvalue weighted by atomic mass is 10.3. The average Bonchev–Trinajstić information content (AvgIpc) is 2.72. The normalized spacial score (nSPS) is 14.0. The van der Waals surface area contributed by atoms with E-state index in [1.165, 1.54) is 0 Å². The number of halogens is 2. The Morgan fingerprint density at radius 3 is 1.64 bits per heavy atom. The minimum absolute atomic E-state index is 0.162. The maximum Gasteiger partial charge on any atom is 0.330 e. The molecule has 0 radical (unpaired) electrons. The monoisotopic (exact) mass is 434 g/mol. The molecule has 28 heavy (non-hydrogen) atoms. The zero-order valence-corrected chi connectivity index (χ0v) is 17.0. The van der Waals surface area contributed by atoms with Gasteiger partial charge in [0.2, 0.25) is 5.95 Å². The standard InChI is InChI=1S/C19H16Cl2N4O2S/c20-13-1-5-15(6-2-13)26-18-22-17(25-9-11-28-12-10-25)23-19(24-18)27-16-7-3-14(21)4-8-16/h1-8H,9-12H2. The van der Waals surface area contributed by atoms with E-state index in [1.807, 2.05) is 11.8 Å². The van der Waals surface area contributed by atoms with Crippen LogP contribution >= 0.6 is 35.0 Å². The molecular formula is C19H16Cl2N4O2S. The van der Waals surface area contributed by atoms with Crippen molar-refractivity contribution in [2.75, 3.05) is 29.5 Å². The van der Waals surface area contributed by atoms with Crippen LogP contribution in [0.4, 0.5) is 5.95 Å². The number of benzene rings is 2. The lowest BCUT2D eigenvalue weighted by Gasteiger charge is -2.26. The molecule has 0 spiro atoms. The first kappa shape index (κ1) is 19.1. The largest absolute Gasteiger partial charge is 0.424 e. The molecule has 0 N–H and O–H groups in total. The molecule has 0 aliphatic carbocycles. The molecule has 0 atom stereocenters. The summed E-state index contributed by atoms with van der Waals surface area (Å²) in [5.74, 6) is 3.73. The number of hydrogen-bond acceptors (Lipinski definition) is 7. The predicted molar refractivity (Wildman–Crippen MR) is 112 cm³/mol. The van der Waals surface area contributed by atoms with Gasteiger partial charge in [-0.25, -0.2) is 0 Å². The van der Waals surface area contributed by atoms with Crippen molar-refractivity contribution in [1.29, 1.82) is 0 Å². The SMILES string of the molecule is Clc1ccc(Oc2nc(Oc3ccc(Cl)cc3)nc(N3CCSCC3)n2)cc1. The summed E-state index contributed by atoms with van der Waals surface area (Å²) in [7, 11) is 0. The van der Waals surface area contributed by atoms with Gasteiger partial charge >= 0.3 is 12.0 Å². The van der Waals surface area contributed by atoms with Crippen LogP contribution in [0.2, 0.25) is 10.0 Å². The molecule has 2 aromatic carbocycles. The molecule has 144 valence electrons. The van der Waals surface area contributed by atoms with E-state index >= 15 is 0 Å². The molecule has 9 heteroatoms. The van der Waals surface area contributed by atoms with Crippen molar-refractivity contribution >= 4 is 40.9 Å². The van der Waals surface area contributed by atoms with Crippen LogP contribution in [0.15, 0.2) is 48.5 Å². The van der Waals surface area contributed by atoms with Crippen LogP contribution < -0.4 is 14.4 Å². The molecule has 3 aromatic rings. The second-order valence-corrected chi connectivity index (χ2v) is 8.01. The van der Waals surface area contributed by atoms with Gasteiger partial charge in [-0.15, -0.1) is 4.98 Å². The minimum atomic E-state index is 0.162. The zero-order chi connectivity index (χ0) is 19.3. The maximum absolute atomic E-state index is 5.93. The van der Waals surface area contributed by atoms with Crippen LogP contribution in [-0.4, -0.2) is 39.5 Å². The van der Waals surface area contributed by atoms with E-state index in [-0.39, 0.29) is 12.0 Å². The maximum atomic E-state index is 5.93. The first-order chi connectivity index (χ1) is 13.7. The van der Waals surface area contributed by atoms with Gasteiger partial charge < -0.3 is 14.4 Å². The first-order valence-corrected chi connectivity index (χ1v) is 10.5. The Hall–Kier alpha value is -2.22. The van der Waals surface area contributed by atoms with Gasteiger partial charge in [0.15, 0.2) is 0 Å². The lowest BCUT2D eigenvalue weighted by molar-refractivity contribution is 0.397. The Morgan fingerprint density at radius 2 is 1.18 bits per heavy atom. The fraction of sp³-hybridized carbons (Fsp3) is 0.211. The fourth-order valence-electron chi connectivity index (χ4n) is 2.54. The van der Waals surface area contributed by atoms with Gasteiger partial charge in [0, 0.05) is 34.6 Å². The van der Waals surface area contributed by atoms with E-state index in [0.717, 1.165) is 24.6 Å². The minimum Gasteiger partial charge on any atom is -0.424 e. The van der Waals surface area contributed by atoms with Crippen LogP contribution in [-0.2, 0) is 0 Å². The van der Waals surface area contributed by atoms with Crippen LogP contribution in [0.3, 0.4) is 0 Å². The summed E-state index contributed by atoms with van der Waals surface area (Å²) in [5, 5.41) is 1.25. The molecule has 4 rings (SSSR count). The number of rotatable bonds is 5. The molecule has 6 nitrogen and oxygen atoms in total. The van der Waals surface area contributed by atoms with Crippen molar-refractivity contribution in [2.24, 2.45) is 0 Å². The van der Waals surface area contributed by atoms with E-state index < -0.39 is 0 Å². The second kappa shape index (κ2) is 8.86. The van der Waals surface area contributed by atoms with E-state index in [4.69, 9.17) is 32.7 Å². The molecular weight excluding hydrogens is 419 g/mol. The Labute approximate surface area is 176 Å². The van der Waals surface area contributed by atoms with Gasteiger partial charge in [0.05, 0.1) is 0 Å². The number of ether oxygens (including phenoxy) is 2. The van der Waals surface area contributed by atoms with E-state index in [9.17, 15) is 0 Å². The molecule has 0 saturated carbocycles. The van der Waals surface area contributed by atoms with Crippen LogP contribution in [0.25, 0.3) is 0 Å². The molecule has 1 aromatic heterocycles. The summed E-state index contributed by atoms with van der Waals surface area (Å²) in [5.41, 5.74) is 0. The molecule has 1 aliphatic heterocycles. The first-order valence-electron chi connectivity index (χ1n) is 8.61. The van der Waals surface area contributed by atoms with Crippen molar-refractivity contribution in [2.45, 2.75) is 0 Å². The van der Waals surface area contributed by atoms with Gasteiger partial charge in [-0.2, -0.15) is 21.7 Å². The van der Waals surface area contributed by atoms with Gasteiger partial charge in [-0.1, -0.05) is 23.2 Å². The highest BCUT2D eigenvalue weighted by atomic mass is 35.5. The van der Waals surface area contributed by atoms with Crippen molar-refractivity contribution < 1.29 is 9.47 Å². The topological polar surface area (TPSA) is 60.4 Å². The van der Waals surface area contributed by atoms with E-state index in [2.05, 4.69) is 19.9 Å². The highest BCUT2D eigenvalue weighted by Crippen LogP contribution is 2.27. The molecule has 0 bridgehead atoms. The Balaban J connectivity index is 1.63. The molecule has 1 aliphatic rings. The zero-order valence-electron chi connectivity index (χ0n) is 14.7. The van der Waals surface area contributed by atoms with Crippen molar-refractivity contribution in [3.8, 4) is 23.5 Å². The number of anilines is 1. The lowest BCUT2D eigenvalue weighted by Crippen LogP contribution is -2.34. The Bertz CT molecular complexity index is 870. The summed E-state index contributed by atoms with van der Waals surface area (Å²) < 4.78 is 11.6. The van der Waals surface area contributed by atoms with Gasteiger partial charge in [0.1, 0.15) is 11.5 Å². The number of nitrogens with zero attached hydrogens (tertiary/aromatic N) is 4.